The van der Waals surface area contributed by atoms with Crippen LogP contribution in [0.1, 0.15) is 35.1 Å². The number of hydrogen-bond donors (Lipinski definition) is 0. The van der Waals surface area contributed by atoms with Crippen LogP contribution in [0.25, 0.3) is 10.9 Å². The molecular weight excluding hydrogens is 320 g/mol. The highest BCUT2D eigenvalue weighted by atomic mass is 16.5. The summed E-state index contributed by atoms with van der Waals surface area (Å²) in [6.45, 7) is 2.92. The molecule has 1 saturated heterocycles. The van der Waals surface area contributed by atoms with Crippen LogP contribution in [0.15, 0.2) is 46.0 Å². The quantitative estimate of drug-likeness (QED) is 0.715. The highest BCUT2D eigenvalue weighted by Crippen LogP contribution is 2.22. The zero-order valence-corrected chi connectivity index (χ0v) is 13.9. The number of para-hydroxylation sites is 1. The number of nitrogens with zero attached hydrogens (tertiary/aromatic N) is 4. The molecule has 0 spiro atoms. The first kappa shape index (κ1) is 15.6. The van der Waals surface area contributed by atoms with Crippen molar-refractivity contribution in [1.29, 1.82) is 0 Å². The Morgan fingerprint density at radius 1 is 1.24 bits per heavy atom. The number of likely N-dealkylation sites (tertiary alicyclic amines) is 1. The molecule has 1 aliphatic rings. The Bertz CT molecular complexity index is 983. The molecular formula is C18H18N4O3. The Hall–Kier alpha value is -2.96. The van der Waals surface area contributed by atoms with Crippen molar-refractivity contribution in [2.24, 2.45) is 0 Å². The lowest BCUT2D eigenvalue weighted by Gasteiger charge is -2.32. The van der Waals surface area contributed by atoms with Gasteiger partial charge < -0.3 is 9.42 Å². The van der Waals surface area contributed by atoms with Gasteiger partial charge in [-0.2, -0.15) is 0 Å². The number of rotatable bonds is 2. The number of aromatic nitrogens is 3. The number of benzene rings is 1. The van der Waals surface area contributed by atoms with Gasteiger partial charge in [-0.15, -0.1) is 0 Å². The van der Waals surface area contributed by atoms with Gasteiger partial charge in [0, 0.05) is 25.2 Å². The average Bonchev–Trinajstić information content (AvgIpc) is 3.08. The van der Waals surface area contributed by atoms with Crippen LogP contribution >= 0.6 is 0 Å². The van der Waals surface area contributed by atoms with E-state index in [9.17, 15) is 9.59 Å². The van der Waals surface area contributed by atoms with E-state index in [1.807, 2.05) is 18.2 Å². The molecule has 128 valence electrons. The molecule has 1 fully saturated rings. The molecule has 0 aliphatic carbocycles. The van der Waals surface area contributed by atoms with E-state index in [0.717, 1.165) is 0 Å². The SMILES string of the molecule is Cc1cc(C(=O)N2CCC(n3cnc4ccccc4c3=O)CC2)no1. The fourth-order valence-corrected chi connectivity index (χ4v) is 3.32. The normalized spacial score (nSPS) is 15.6. The third kappa shape index (κ3) is 2.82. The van der Waals surface area contributed by atoms with Crippen LogP contribution in [0.4, 0.5) is 0 Å². The van der Waals surface area contributed by atoms with Gasteiger partial charge >= 0.3 is 0 Å². The van der Waals surface area contributed by atoms with Crippen molar-refractivity contribution in [1.82, 2.24) is 19.6 Å². The maximum Gasteiger partial charge on any atom is 0.276 e. The second-order valence-electron chi connectivity index (χ2n) is 6.32. The Morgan fingerprint density at radius 3 is 2.72 bits per heavy atom. The molecule has 1 amide bonds. The van der Waals surface area contributed by atoms with Crippen LogP contribution in [0.5, 0.6) is 0 Å². The molecule has 1 aliphatic heterocycles. The Kier molecular flexibility index (Phi) is 3.83. The molecule has 0 unspecified atom stereocenters. The number of aryl methyl sites for hydroxylation is 1. The molecule has 1 aromatic carbocycles. The first-order valence-corrected chi connectivity index (χ1v) is 8.32. The summed E-state index contributed by atoms with van der Waals surface area (Å²) in [6.07, 6.45) is 3.04. The smallest absolute Gasteiger partial charge is 0.276 e. The minimum Gasteiger partial charge on any atom is -0.361 e. The third-order valence-electron chi connectivity index (χ3n) is 4.68. The lowest BCUT2D eigenvalue weighted by molar-refractivity contribution is 0.0683. The van der Waals surface area contributed by atoms with E-state index in [4.69, 9.17) is 4.52 Å². The summed E-state index contributed by atoms with van der Waals surface area (Å²) in [5.41, 5.74) is 1.01. The molecule has 7 nitrogen and oxygen atoms in total. The van der Waals surface area contributed by atoms with Crippen LogP contribution in [0.3, 0.4) is 0 Å². The molecule has 0 atom stereocenters. The van der Waals surface area contributed by atoms with Crippen molar-refractivity contribution >= 4 is 16.8 Å². The third-order valence-corrected chi connectivity index (χ3v) is 4.68. The second kappa shape index (κ2) is 6.16. The Balaban J connectivity index is 1.51. The van der Waals surface area contributed by atoms with Gasteiger partial charge in [0.1, 0.15) is 5.76 Å². The maximum atomic E-state index is 12.7. The summed E-state index contributed by atoms with van der Waals surface area (Å²) < 4.78 is 6.67. The number of piperidine rings is 1. The highest BCUT2D eigenvalue weighted by molar-refractivity contribution is 5.92. The van der Waals surface area contributed by atoms with Crippen molar-refractivity contribution < 1.29 is 9.32 Å². The summed E-state index contributed by atoms with van der Waals surface area (Å²) in [5.74, 6) is 0.492. The first-order valence-electron chi connectivity index (χ1n) is 8.32. The lowest BCUT2D eigenvalue weighted by Crippen LogP contribution is -2.41. The number of carbonyl (C=O) groups is 1. The number of carbonyl (C=O) groups excluding carboxylic acids is 1. The number of amides is 1. The van der Waals surface area contributed by atoms with E-state index in [-0.39, 0.29) is 17.5 Å². The molecule has 3 aromatic rings. The number of fused-ring (bicyclic) bond motifs is 1. The summed E-state index contributed by atoms with van der Waals surface area (Å²) in [4.78, 5) is 31.2. The average molecular weight is 338 g/mol. The van der Waals surface area contributed by atoms with E-state index >= 15 is 0 Å². The van der Waals surface area contributed by atoms with Gasteiger partial charge in [0.15, 0.2) is 5.69 Å². The standard InChI is InChI=1S/C18H18N4O3/c1-12-10-16(20-25-12)18(24)21-8-6-13(7-9-21)22-11-19-15-5-3-2-4-14(15)17(22)23/h2-5,10-11,13H,6-9H2,1H3. The summed E-state index contributed by atoms with van der Waals surface area (Å²) in [5, 5.41) is 4.41. The van der Waals surface area contributed by atoms with Crippen LogP contribution in [-0.4, -0.2) is 38.6 Å². The van der Waals surface area contributed by atoms with E-state index in [2.05, 4.69) is 10.1 Å². The van der Waals surface area contributed by atoms with Crippen molar-refractivity contribution in [3.63, 3.8) is 0 Å². The molecule has 0 N–H and O–H groups in total. The van der Waals surface area contributed by atoms with Gasteiger partial charge in [0.25, 0.3) is 11.5 Å². The van der Waals surface area contributed by atoms with Gasteiger partial charge in [0.2, 0.25) is 0 Å². The first-order chi connectivity index (χ1) is 12.1. The van der Waals surface area contributed by atoms with Gasteiger partial charge in [-0.1, -0.05) is 17.3 Å². The molecule has 3 heterocycles. The van der Waals surface area contributed by atoms with Crippen LogP contribution in [0, 0.1) is 6.92 Å². The molecule has 7 heteroatoms. The monoisotopic (exact) mass is 338 g/mol. The van der Waals surface area contributed by atoms with E-state index in [1.54, 1.807) is 34.9 Å². The molecule has 2 aromatic heterocycles. The lowest BCUT2D eigenvalue weighted by atomic mass is 10.0. The van der Waals surface area contributed by atoms with Gasteiger partial charge in [-0.25, -0.2) is 4.98 Å². The summed E-state index contributed by atoms with van der Waals surface area (Å²) >= 11 is 0. The van der Waals surface area contributed by atoms with Crippen LogP contribution in [-0.2, 0) is 0 Å². The van der Waals surface area contributed by atoms with Crippen LogP contribution in [0.2, 0.25) is 0 Å². The number of hydrogen-bond acceptors (Lipinski definition) is 5. The molecule has 4 rings (SSSR count). The fourth-order valence-electron chi connectivity index (χ4n) is 3.32. The zero-order valence-electron chi connectivity index (χ0n) is 13.9. The van der Waals surface area contributed by atoms with Gasteiger partial charge in [-0.05, 0) is 31.9 Å². The maximum absolute atomic E-state index is 12.7. The minimum atomic E-state index is -0.126. The van der Waals surface area contributed by atoms with Gasteiger partial charge in [-0.3, -0.25) is 14.2 Å². The molecule has 0 radical (unpaired) electrons. The zero-order chi connectivity index (χ0) is 17.4. The van der Waals surface area contributed by atoms with Crippen molar-refractivity contribution in [3.05, 3.63) is 58.5 Å². The molecule has 0 saturated carbocycles. The predicted molar refractivity (Wildman–Crippen MR) is 91.4 cm³/mol. The molecule has 0 bridgehead atoms. The topological polar surface area (TPSA) is 81.2 Å². The second-order valence-corrected chi connectivity index (χ2v) is 6.32. The fraction of sp³-hybridized carbons (Fsp3) is 0.333. The minimum absolute atomic E-state index is 0.0255. The summed E-state index contributed by atoms with van der Waals surface area (Å²) in [7, 11) is 0. The predicted octanol–water partition coefficient (Wildman–Crippen LogP) is 2.17. The summed E-state index contributed by atoms with van der Waals surface area (Å²) in [6, 6.07) is 9.04. The van der Waals surface area contributed by atoms with Gasteiger partial charge in [0.05, 0.1) is 17.2 Å². The van der Waals surface area contributed by atoms with Crippen LogP contribution < -0.4 is 5.56 Å². The van der Waals surface area contributed by atoms with Crippen molar-refractivity contribution in [2.45, 2.75) is 25.8 Å². The highest BCUT2D eigenvalue weighted by Gasteiger charge is 2.27. The van der Waals surface area contributed by atoms with E-state index in [1.165, 1.54) is 0 Å². The Morgan fingerprint density at radius 2 is 2.00 bits per heavy atom. The molecule has 25 heavy (non-hydrogen) atoms. The van der Waals surface area contributed by atoms with E-state index < -0.39 is 0 Å². The van der Waals surface area contributed by atoms with Crippen molar-refractivity contribution in [2.75, 3.05) is 13.1 Å². The van der Waals surface area contributed by atoms with E-state index in [0.29, 0.717) is 48.3 Å². The Labute approximate surface area is 143 Å². The largest absolute Gasteiger partial charge is 0.361 e. The van der Waals surface area contributed by atoms with Crippen molar-refractivity contribution in [3.8, 4) is 0 Å².